The van der Waals surface area contributed by atoms with Crippen molar-refractivity contribution in [2.75, 3.05) is 13.2 Å². The summed E-state index contributed by atoms with van der Waals surface area (Å²) in [5, 5.41) is 3.71. The summed E-state index contributed by atoms with van der Waals surface area (Å²) in [5.74, 6) is 0. The Hall–Kier alpha value is -0.0800. The summed E-state index contributed by atoms with van der Waals surface area (Å²) in [7, 11) is 0. The lowest BCUT2D eigenvalue weighted by Crippen LogP contribution is -2.52. The molecule has 2 heteroatoms. The van der Waals surface area contributed by atoms with E-state index in [2.05, 4.69) is 39.9 Å². The summed E-state index contributed by atoms with van der Waals surface area (Å²) < 4.78 is 6.12. The van der Waals surface area contributed by atoms with Gasteiger partial charge in [-0.05, 0) is 39.2 Å². The minimum Gasteiger partial charge on any atom is -0.374 e. The van der Waals surface area contributed by atoms with E-state index in [-0.39, 0.29) is 5.60 Å². The number of nitrogens with one attached hydrogen (secondary N) is 1. The number of rotatable bonds is 11. The van der Waals surface area contributed by atoms with E-state index in [1.165, 1.54) is 25.7 Å². The van der Waals surface area contributed by atoms with Crippen LogP contribution in [0.5, 0.6) is 0 Å². The van der Waals surface area contributed by atoms with Gasteiger partial charge >= 0.3 is 0 Å². The first-order valence-electron chi connectivity index (χ1n) is 7.57. The molecule has 0 aliphatic rings. The maximum atomic E-state index is 6.12. The van der Waals surface area contributed by atoms with Crippen LogP contribution in [-0.2, 0) is 4.74 Å². The second-order valence-corrected chi connectivity index (χ2v) is 4.85. The summed E-state index contributed by atoms with van der Waals surface area (Å²) in [6.07, 6.45) is 7.18. The molecular formula is C15H33NO. The quantitative estimate of drug-likeness (QED) is 0.589. The van der Waals surface area contributed by atoms with Gasteiger partial charge in [0, 0.05) is 12.6 Å². The van der Waals surface area contributed by atoms with Gasteiger partial charge in [0.05, 0.1) is 5.60 Å². The van der Waals surface area contributed by atoms with Gasteiger partial charge in [-0.15, -0.1) is 0 Å². The second-order valence-electron chi connectivity index (χ2n) is 4.85. The molecule has 0 aromatic carbocycles. The van der Waals surface area contributed by atoms with Gasteiger partial charge in [-0.25, -0.2) is 0 Å². The molecule has 0 bridgehead atoms. The zero-order chi connectivity index (χ0) is 13.1. The lowest BCUT2D eigenvalue weighted by molar-refractivity contribution is -0.0740. The Bertz CT molecular complexity index is 158. The van der Waals surface area contributed by atoms with E-state index in [9.17, 15) is 0 Å². The predicted molar refractivity (Wildman–Crippen MR) is 76.5 cm³/mol. The number of hydrogen-bond acceptors (Lipinski definition) is 2. The molecule has 0 saturated heterocycles. The molecule has 0 radical (unpaired) electrons. The van der Waals surface area contributed by atoms with Crippen molar-refractivity contribution in [2.24, 2.45) is 0 Å². The minimum atomic E-state index is 0.0408. The molecular weight excluding hydrogens is 210 g/mol. The molecule has 0 fully saturated rings. The topological polar surface area (TPSA) is 21.3 Å². The molecule has 0 saturated carbocycles. The highest BCUT2D eigenvalue weighted by Crippen LogP contribution is 2.28. The molecule has 0 aromatic rings. The third kappa shape index (κ3) is 5.39. The van der Waals surface area contributed by atoms with Gasteiger partial charge in [-0.1, -0.05) is 40.5 Å². The Morgan fingerprint density at radius 3 is 2.06 bits per heavy atom. The molecule has 0 rings (SSSR count). The van der Waals surface area contributed by atoms with E-state index in [1.807, 2.05) is 0 Å². The van der Waals surface area contributed by atoms with Crippen molar-refractivity contribution in [3.8, 4) is 0 Å². The van der Waals surface area contributed by atoms with Gasteiger partial charge in [0.2, 0.25) is 0 Å². The van der Waals surface area contributed by atoms with Crippen LogP contribution in [0.1, 0.15) is 73.1 Å². The van der Waals surface area contributed by atoms with E-state index in [1.54, 1.807) is 0 Å². The molecule has 1 unspecified atom stereocenters. The fourth-order valence-corrected chi connectivity index (χ4v) is 2.61. The van der Waals surface area contributed by atoms with Crippen molar-refractivity contribution in [1.82, 2.24) is 5.32 Å². The van der Waals surface area contributed by atoms with E-state index in [4.69, 9.17) is 4.74 Å². The molecule has 0 aromatic heterocycles. The third-order valence-electron chi connectivity index (χ3n) is 3.75. The van der Waals surface area contributed by atoms with Gasteiger partial charge in [-0.2, -0.15) is 0 Å². The predicted octanol–water partition coefficient (Wildman–Crippen LogP) is 4.14. The first kappa shape index (κ1) is 16.9. The number of ether oxygens (including phenoxy) is 1. The Morgan fingerprint density at radius 2 is 1.65 bits per heavy atom. The zero-order valence-corrected chi connectivity index (χ0v) is 12.6. The van der Waals surface area contributed by atoms with E-state index in [0.717, 1.165) is 26.0 Å². The van der Waals surface area contributed by atoms with Gasteiger partial charge < -0.3 is 10.1 Å². The maximum absolute atomic E-state index is 6.12. The normalized spacial score (nSPS) is 13.9. The lowest BCUT2D eigenvalue weighted by Gasteiger charge is -2.40. The van der Waals surface area contributed by atoms with E-state index in [0.29, 0.717) is 6.04 Å². The summed E-state index contributed by atoms with van der Waals surface area (Å²) in [6, 6.07) is 0.511. The highest BCUT2D eigenvalue weighted by atomic mass is 16.5. The molecule has 17 heavy (non-hydrogen) atoms. The molecule has 104 valence electrons. The summed E-state index contributed by atoms with van der Waals surface area (Å²) >= 11 is 0. The molecule has 0 aliphatic heterocycles. The smallest absolute Gasteiger partial charge is 0.0829 e. The maximum Gasteiger partial charge on any atom is 0.0829 e. The lowest BCUT2D eigenvalue weighted by atomic mass is 9.85. The highest BCUT2D eigenvalue weighted by molar-refractivity contribution is 4.91. The molecule has 0 amide bonds. The highest BCUT2D eigenvalue weighted by Gasteiger charge is 2.35. The minimum absolute atomic E-state index is 0.0408. The van der Waals surface area contributed by atoms with Crippen LogP contribution in [0.15, 0.2) is 0 Å². The average molecular weight is 243 g/mol. The fraction of sp³-hybridized carbons (Fsp3) is 1.00. The van der Waals surface area contributed by atoms with Crippen molar-refractivity contribution >= 4 is 0 Å². The number of hydrogen-bond donors (Lipinski definition) is 1. The van der Waals surface area contributed by atoms with Crippen LogP contribution in [0.2, 0.25) is 0 Å². The fourth-order valence-electron chi connectivity index (χ4n) is 2.61. The van der Waals surface area contributed by atoms with Crippen molar-refractivity contribution in [1.29, 1.82) is 0 Å². The zero-order valence-electron chi connectivity index (χ0n) is 12.6. The van der Waals surface area contributed by atoms with Crippen LogP contribution in [-0.4, -0.2) is 24.8 Å². The summed E-state index contributed by atoms with van der Waals surface area (Å²) in [4.78, 5) is 0. The third-order valence-corrected chi connectivity index (χ3v) is 3.75. The largest absolute Gasteiger partial charge is 0.374 e. The van der Waals surface area contributed by atoms with Crippen molar-refractivity contribution in [3.63, 3.8) is 0 Å². The van der Waals surface area contributed by atoms with Crippen LogP contribution < -0.4 is 5.32 Å². The Kier molecular flexibility index (Phi) is 9.85. The Labute approximate surface area is 109 Å². The van der Waals surface area contributed by atoms with Crippen molar-refractivity contribution in [2.45, 2.75) is 84.8 Å². The summed E-state index contributed by atoms with van der Waals surface area (Å²) in [6.45, 7) is 13.0. The monoisotopic (exact) mass is 243 g/mol. The molecule has 0 heterocycles. The molecule has 1 atom stereocenters. The standard InChI is InChI=1S/C15H33NO/c1-6-11-12-14(16-13-7-2)15(8-3,9-4)17-10-5/h14,16H,6-13H2,1-5H3. The molecule has 0 spiro atoms. The van der Waals surface area contributed by atoms with Crippen LogP contribution in [0, 0.1) is 0 Å². The van der Waals surface area contributed by atoms with Crippen LogP contribution in [0.4, 0.5) is 0 Å². The van der Waals surface area contributed by atoms with Gasteiger partial charge in [0.25, 0.3) is 0 Å². The van der Waals surface area contributed by atoms with Gasteiger partial charge in [0.1, 0.15) is 0 Å². The van der Waals surface area contributed by atoms with Gasteiger partial charge in [0.15, 0.2) is 0 Å². The van der Waals surface area contributed by atoms with E-state index >= 15 is 0 Å². The molecule has 2 nitrogen and oxygen atoms in total. The molecule has 0 aliphatic carbocycles. The SMILES string of the molecule is CCCCC(NCCC)C(CC)(CC)OCC. The van der Waals surface area contributed by atoms with Crippen molar-refractivity contribution in [3.05, 3.63) is 0 Å². The molecule has 1 N–H and O–H groups in total. The summed E-state index contributed by atoms with van der Waals surface area (Å²) in [5.41, 5.74) is 0.0408. The van der Waals surface area contributed by atoms with Gasteiger partial charge in [-0.3, -0.25) is 0 Å². The van der Waals surface area contributed by atoms with Crippen LogP contribution >= 0.6 is 0 Å². The Morgan fingerprint density at radius 1 is 1.00 bits per heavy atom. The Balaban J connectivity index is 4.64. The first-order chi connectivity index (χ1) is 8.20. The number of unbranched alkanes of at least 4 members (excludes halogenated alkanes) is 1. The van der Waals surface area contributed by atoms with Crippen LogP contribution in [0.25, 0.3) is 0 Å². The average Bonchev–Trinajstić information content (AvgIpc) is 2.37. The van der Waals surface area contributed by atoms with E-state index < -0.39 is 0 Å². The van der Waals surface area contributed by atoms with Crippen LogP contribution in [0.3, 0.4) is 0 Å². The second kappa shape index (κ2) is 9.90. The van der Waals surface area contributed by atoms with Crippen molar-refractivity contribution < 1.29 is 4.74 Å². The first-order valence-corrected chi connectivity index (χ1v) is 7.57.